The van der Waals surface area contributed by atoms with E-state index in [0.29, 0.717) is 13.2 Å². The Morgan fingerprint density at radius 1 is 1.17 bits per heavy atom. The maximum Gasteiger partial charge on any atom is 0.143 e. The highest BCUT2D eigenvalue weighted by atomic mass is 16.6. The molecule has 0 heterocycles. The fraction of sp³-hybridized carbons (Fsp3) is 1.00. The molecule has 0 aliphatic heterocycles. The SMILES string of the molecule is N[C@H](CCCOCO)COCO. The number of nitrogens with two attached hydrogens (primary N) is 1. The number of hydrogen-bond acceptors (Lipinski definition) is 5. The maximum atomic E-state index is 8.29. The monoisotopic (exact) mass is 179 g/mol. The number of rotatable bonds is 8. The molecule has 5 nitrogen and oxygen atoms in total. The molecule has 0 saturated heterocycles. The molecule has 0 spiro atoms. The average molecular weight is 179 g/mol. The molecule has 0 aliphatic rings. The van der Waals surface area contributed by atoms with Crippen LogP contribution in [0.25, 0.3) is 0 Å². The number of aliphatic hydroxyl groups is 2. The molecule has 0 unspecified atom stereocenters. The smallest absolute Gasteiger partial charge is 0.143 e. The van der Waals surface area contributed by atoms with Crippen LogP contribution in [0.4, 0.5) is 0 Å². The van der Waals surface area contributed by atoms with Crippen molar-refractivity contribution < 1.29 is 19.7 Å². The van der Waals surface area contributed by atoms with Crippen molar-refractivity contribution in [1.29, 1.82) is 0 Å². The van der Waals surface area contributed by atoms with E-state index in [1.54, 1.807) is 0 Å². The Bertz CT molecular complexity index is 91.5. The maximum absolute atomic E-state index is 8.29. The third-order valence-electron chi connectivity index (χ3n) is 1.38. The van der Waals surface area contributed by atoms with Crippen molar-refractivity contribution in [2.45, 2.75) is 18.9 Å². The van der Waals surface area contributed by atoms with Gasteiger partial charge in [0.1, 0.15) is 13.6 Å². The van der Waals surface area contributed by atoms with Crippen LogP contribution in [0.15, 0.2) is 0 Å². The summed E-state index contributed by atoms with van der Waals surface area (Å²) in [4.78, 5) is 0. The summed E-state index contributed by atoms with van der Waals surface area (Å²) in [6.07, 6.45) is 1.55. The Labute approximate surface area is 72.1 Å². The molecule has 0 fully saturated rings. The van der Waals surface area contributed by atoms with Crippen molar-refractivity contribution in [2.75, 3.05) is 26.8 Å². The van der Waals surface area contributed by atoms with Crippen LogP contribution >= 0.6 is 0 Å². The molecule has 74 valence electrons. The largest absolute Gasteiger partial charge is 0.371 e. The average Bonchev–Trinajstić information content (AvgIpc) is 2.09. The lowest BCUT2D eigenvalue weighted by atomic mass is 10.2. The van der Waals surface area contributed by atoms with Gasteiger partial charge in [0.15, 0.2) is 0 Å². The molecule has 0 aromatic carbocycles. The second-order valence-electron chi connectivity index (χ2n) is 2.44. The van der Waals surface area contributed by atoms with Crippen molar-refractivity contribution in [3.8, 4) is 0 Å². The van der Waals surface area contributed by atoms with E-state index < -0.39 is 0 Å². The molecule has 4 N–H and O–H groups in total. The Balaban J connectivity index is 3.02. The molecule has 0 amide bonds. The van der Waals surface area contributed by atoms with Crippen LogP contribution in [0.2, 0.25) is 0 Å². The van der Waals surface area contributed by atoms with Crippen LogP contribution in [-0.2, 0) is 9.47 Å². The standard InChI is InChI=1S/C7H17NO4/c8-7(4-12-6-10)2-1-3-11-5-9/h7,9-10H,1-6,8H2/t7-/m1/s1. The highest BCUT2D eigenvalue weighted by molar-refractivity contribution is 4.58. The van der Waals surface area contributed by atoms with Crippen LogP contribution in [0.1, 0.15) is 12.8 Å². The Morgan fingerprint density at radius 2 is 1.83 bits per heavy atom. The van der Waals surface area contributed by atoms with Gasteiger partial charge in [0.25, 0.3) is 0 Å². The second kappa shape index (κ2) is 8.89. The van der Waals surface area contributed by atoms with E-state index in [1.165, 1.54) is 0 Å². The fourth-order valence-corrected chi connectivity index (χ4v) is 0.800. The van der Waals surface area contributed by atoms with E-state index in [2.05, 4.69) is 0 Å². The van der Waals surface area contributed by atoms with Gasteiger partial charge in [-0.25, -0.2) is 0 Å². The summed E-state index contributed by atoms with van der Waals surface area (Å²) in [5, 5.41) is 16.6. The van der Waals surface area contributed by atoms with Gasteiger partial charge in [-0.3, -0.25) is 0 Å². The molecule has 0 saturated carbocycles. The summed E-state index contributed by atoms with van der Waals surface area (Å²) in [5.74, 6) is 0. The zero-order valence-electron chi connectivity index (χ0n) is 7.11. The Hall–Kier alpha value is -0.200. The molecule has 0 rings (SSSR count). The molecule has 0 aliphatic carbocycles. The van der Waals surface area contributed by atoms with E-state index in [0.717, 1.165) is 12.8 Å². The first kappa shape index (κ1) is 11.8. The van der Waals surface area contributed by atoms with Gasteiger partial charge >= 0.3 is 0 Å². The summed E-state index contributed by atoms with van der Waals surface area (Å²) < 4.78 is 9.39. The van der Waals surface area contributed by atoms with Crippen molar-refractivity contribution in [3.63, 3.8) is 0 Å². The lowest BCUT2D eigenvalue weighted by molar-refractivity contribution is -0.0143. The summed E-state index contributed by atoms with van der Waals surface area (Å²) in [6, 6.07) is -0.0700. The minimum absolute atomic E-state index is 0.0700. The first-order valence-corrected chi connectivity index (χ1v) is 3.94. The third kappa shape index (κ3) is 7.90. The summed E-state index contributed by atoms with van der Waals surface area (Å²) in [5.41, 5.74) is 5.59. The molecule has 1 atom stereocenters. The van der Waals surface area contributed by atoms with Crippen LogP contribution < -0.4 is 5.73 Å². The van der Waals surface area contributed by atoms with Gasteiger partial charge in [0.05, 0.1) is 6.61 Å². The van der Waals surface area contributed by atoms with Crippen molar-refractivity contribution in [3.05, 3.63) is 0 Å². The quantitative estimate of drug-likeness (QED) is 0.329. The van der Waals surface area contributed by atoms with Crippen LogP contribution in [-0.4, -0.2) is 43.1 Å². The van der Waals surface area contributed by atoms with Gasteiger partial charge in [-0.2, -0.15) is 0 Å². The predicted molar refractivity (Wildman–Crippen MR) is 43.3 cm³/mol. The third-order valence-corrected chi connectivity index (χ3v) is 1.38. The first-order valence-electron chi connectivity index (χ1n) is 3.94. The predicted octanol–water partition coefficient (Wildman–Crippen LogP) is -0.973. The van der Waals surface area contributed by atoms with Gasteiger partial charge in [0.2, 0.25) is 0 Å². The van der Waals surface area contributed by atoms with Gasteiger partial charge < -0.3 is 25.4 Å². The van der Waals surface area contributed by atoms with Crippen LogP contribution in [0.5, 0.6) is 0 Å². The highest BCUT2D eigenvalue weighted by Gasteiger charge is 2.01. The number of aliphatic hydroxyl groups excluding tert-OH is 2. The van der Waals surface area contributed by atoms with Gasteiger partial charge in [-0.15, -0.1) is 0 Å². The van der Waals surface area contributed by atoms with E-state index in [-0.39, 0.29) is 19.6 Å². The first-order chi connectivity index (χ1) is 5.81. The van der Waals surface area contributed by atoms with Crippen molar-refractivity contribution in [1.82, 2.24) is 0 Å². The van der Waals surface area contributed by atoms with Crippen molar-refractivity contribution >= 4 is 0 Å². The Morgan fingerprint density at radius 3 is 2.42 bits per heavy atom. The lowest BCUT2D eigenvalue weighted by Crippen LogP contribution is -2.26. The zero-order valence-corrected chi connectivity index (χ0v) is 7.11. The molecular weight excluding hydrogens is 162 g/mol. The topological polar surface area (TPSA) is 84.9 Å². The molecule has 12 heavy (non-hydrogen) atoms. The summed E-state index contributed by atoms with van der Waals surface area (Å²) >= 11 is 0. The van der Waals surface area contributed by atoms with E-state index in [1.807, 2.05) is 0 Å². The van der Waals surface area contributed by atoms with Gasteiger partial charge in [0, 0.05) is 12.6 Å². The van der Waals surface area contributed by atoms with E-state index >= 15 is 0 Å². The van der Waals surface area contributed by atoms with Crippen molar-refractivity contribution in [2.24, 2.45) is 5.73 Å². The van der Waals surface area contributed by atoms with Crippen LogP contribution in [0.3, 0.4) is 0 Å². The molecule has 5 heteroatoms. The highest BCUT2D eigenvalue weighted by Crippen LogP contribution is 1.95. The molecular formula is C7H17NO4. The minimum atomic E-state index is -0.291. The van der Waals surface area contributed by atoms with Crippen LogP contribution in [0, 0.1) is 0 Å². The van der Waals surface area contributed by atoms with Gasteiger partial charge in [-0.05, 0) is 12.8 Å². The molecule has 0 bridgehead atoms. The molecule has 0 radical (unpaired) electrons. The number of hydrogen-bond donors (Lipinski definition) is 3. The second-order valence-corrected chi connectivity index (χ2v) is 2.44. The summed E-state index contributed by atoms with van der Waals surface area (Å²) in [6.45, 7) is 0.322. The van der Waals surface area contributed by atoms with E-state index in [4.69, 9.17) is 25.4 Å². The summed E-state index contributed by atoms with van der Waals surface area (Å²) in [7, 11) is 0. The van der Waals surface area contributed by atoms with Gasteiger partial charge in [-0.1, -0.05) is 0 Å². The number of ether oxygens (including phenoxy) is 2. The minimum Gasteiger partial charge on any atom is -0.371 e. The molecule has 0 aromatic heterocycles. The zero-order chi connectivity index (χ0) is 9.23. The normalized spacial score (nSPS) is 13.2. The van der Waals surface area contributed by atoms with E-state index in [9.17, 15) is 0 Å². The lowest BCUT2D eigenvalue weighted by Gasteiger charge is -2.10. The molecule has 0 aromatic rings. The fourth-order valence-electron chi connectivity index (χ4n) is 0.800. The Kier molecular flexibility index (Phi) is 8.74.